The largest absolute Gasteiger partial charge is 0.366 e. The lowest BCUT2D eigenvalue weighted by Gasteiger charge is -2.50. The van der Waals surface area contributed by atoms with E-state index < -0.39 is 34.2 Å². The van der Waals surface area contributed by atoms with Crippen LogP contribution < -0.4 is 15.1 Å². The third kappa shape index (κ3) is 3.35. The van der Waals surface area contributed by atoms with E-state index in [4.69, 9.17) is 0 Å². The van der Waals surface area contributed by atoms with Crippen LogP contribution in [0.1, 0.15) is 22.7 Å². The molecule has 0 saturated carbocycles. The molecule has 1 saturated heterocycles. The SMILES string of the molecule is Cc1ccc(N2C(=O)NC(=O)C3(Cc4cc([N+](=O)[O-])ccc4N(C)C3c3ccccc3)C2=O)cc1. The van der Waals surface area contributed by atoms with Crippen LogP contribution in [0.3, 0.4) is 0 Å². The summed E-state index contributed by atoms with van der Waals surface area (Å²) in [6.07, 6.45) is -0.103. The summed E-state index contributed by atoms with van der Waals surface area (Å²) in [4.78, 5) is 54.5. The molecule has 3 aromatic carbocycles. The minimum atomic E-state index is -1.74. The molecule has 0 aliphatic carbocycles. The number of amides is 4. The topological polar surface area (TPSA) is 113 Å². The molecule has 35 heavy (non-hydrogen) atoms. The molecule has 2 heterocycles. The molecular weight excluding hydrogens is 448 g/mol. The fourth-order valence-corrected chi connectivity index (χ4v) is 5.16. The van der Waals surface area contributed by atoms with Gasteiger partial charge in [-0.2, -0.15) is 0 Å². The molecule has 0 bridgehead atoms. The zero-order valence-electron chi connectivity index (χ0n) is 19.1. The van der Waals surface area contributed by atoms with Gasteiger partial charge in [0, 0.05) is 31.3 Å². The number of anilines is 2. The molecule has 2 aliphatic heterocycles. The average Bonchev–Trinajstić information content (AvgIpc) is 2.84. The summed E-state index contributed by atoms with van der Waals surface area (Å²) < 4.78 is 0. The second kappa shape index (κ2) is 8.05. The third-order valence-corrected chi connectivity index (χ3v) is 6.80. The van der Waals surface area contributed by atoms with Crippen molar-refractivity contribution in [3.8, 4) is 0 Å². The Labute approximate surface area is 201 Å². The van der Waals surface area contributed by atoms with Crippen LogP contribution >= 0.6 is 0 Å². The summed E-state index contributed by atoms with van der Waals surface area (Å²) in [5.74, 6) is -1.40. The number of nitrogens with one attached hydrogen (secondary N) is 1. The number of carbonyl (C=O) groups excluding carboxylic acids is 3. The van der Waals surface area contributed by atoms with Gasteiger partial charge in [0.2, 0.25) is 5.91 Å². The number of nitro benzene ring substituents is 1. The van der Waals surface area contributed by atoms with Crippen molar-refractivity contribution < 1.29 is 19.3 Å². The molecule has 2 atom stereocenters. The van der Waals surface area contributed by atoms with Gasteiger partial charge in [-0.25, -0.2) is 9.69 Å². The molecule has 1 fully saturated rings. The number of carbonyl (C=O) groups is 3. The van der Waals surface area contributed by atoms with Gasteiger partial charge in [-0.3, -0.25) is 25.0 Å². The van der Waals surface area contributed by atoms with E-state index in [2.05, 4.69) is 5.32 Å². The second-order valence-corrected chi connectivity index (χ2v) is 8.88. The molecular formula is C26H22N4O5. The van der Waals surface area contributed by atoms with Crippen molar-refractivity contribution in [3.05, 3.63) is 99.6 Å². The summed E-state index contributed by atoms with van der Waals surface area (Å²) in [6, 6.07) is 18.8. The smallest absolute Gasteiger partial charge is 0.335 e. The normalized spacial score (nSPS) is 21.7. The second-order valence-electron chi connectivity index (χ2n) is 8.88. The molecule has 9 heteroatoms. The van der Waals surface area contributed by atoms with Gasteiger partial charge < -0.3 is 4.90 Å². The maximum atomic E-state index is 14.3. The summed E-state index contributed by atoms with van der Waals surface area (Å²) in [7, 11) is 1.75. The first-order chi connectivity index (χ1) is 16.7. The van der Waals surface area contributed by atoms with Crippen molar-refractivity contribution in [3.63, 3.8) is 0 Å². The van der Waals surface area contributed by atoms with Crippen LogP contribution in [-0.2, 0) is 16.0 Å². The molecule has 2 aliphatic rings. The van der Waals surface area contributed by atoms with Crippen LogP contribution in [0.5, 0.6) is 0 Å². The van der Waals surface area contributed by atoms with Crippen molar-refractivity contribution in [1.82, 2.24) is 5.32 Å². The van der Waals surface area contributed by atoms with E-state index in [0.29, 0.717) is 22.5 Å². The standard InChI is InChI=1S/C26H22N4O5/c1-16-8-10-19(11-9-16)29-24(32)26(23(31)27-25(29)33)15-18-14-20(30(34)35)12-13-21(18)28(2)22(26)17-6-4-3-5-7-17/h3-14,22H,15H2,1-2H3,(H,27,31,33). The number of nitro groups is 1. The van der Waals surface area contributed by atoms with Crippen LogP contribution in [0.4, 0.5) is 21.9 Å². The number of urea groups is 1. The van der Waals surface area contributed by atoms with Crippen LogP contribution in [0.25, 0.3) is 0 Å². The Balaban J connectivity index is 1.74. The molecule has 176 valence electrons. The average molecular weight is 470 g/mol. The number of fused-ring (bicyclic) bond motifs is 1. The van der Waals surface area contributed by atoms with Crippen molar-refractivity contribution >= 4 is 34.9 Å². The molecule has 9 nitrogen and oxygen atoms in total. The van der Waals surface area contributed by atoms with Gasteiger partial charge in [0.15, 0.2) is 5.41 Å². The van der Waals surface area contributed by atoms with Gasteiger partial charge in [0.05, 0.1) is 16.7 Å². The number of hydrogen-bond acceptors (Lipinski definition) is 6. The Morgan fingerprint density at radius 1 is 1.00 bits per heavy atom. The minimum absolute atomic E-state index is 0.103. The van der Waals surface area contributed by atoms with Gasteiger partial charge in [-0.1, -0.05) is 48.0 Å². The minimum Gasteiger partial charge on any atom is -0.366 e. The highest BCUT2D eigenvalue weighted by molar-refractivity contribution is 6.30. The van der Waals surface area contributed by atoms with Crippen LogP contribution in [-0.4, -0.2) is 29.8 Å². The van der Waals surface area contributed by atoms with Crippen LogP contribution in [0.2, 0.25) is 0 Å². The molecule has 0 radical (unpaired) electrons. The Bertz CT molecular complexity index is 1370. The van der Waals surface area contributed by atoms with E-state index in [0.717, 1.165) is 10.5 Å². The third-order valence-electron chi connectivity index (χ3n) is 6.80. The Kier molecular flexibility index (Phi) is 5.12. The number of barbiturate groups is 1. The van der Waals surface area contributed by atoms with Crippen LogP contribution in [0.15, 0.2) is 72.8 Å². The fourth-order valence-electron chi connectivity index (χ4n) is 5.16. The van der Waals surface area contributed by atoms with E-state index in [1.165, 1.54) is 12.1 Å². The molecule has 1 spiro atoms. The number of nitrogens with zero attached hydrogens (tertiary/aromatic N) is 3. The Morgan fingerprint density at radius 2 is 1.69 bits per heavy atom. The van der Waals surface area contributed by atoms with E-state index in [1.54, 1.807) is 42.3 Å². The molecule has 4 amide bonds. The van der Waals surface area contributed by atoms with E-state index in [1.807, 2.05) is 37.3 Å². The molecule has 3 aromatic rings. The highest BCUT2D eigenvalue weighted by atomic mass is 16.6. The highest BCUT2D eigenvalue weighted by Crippen LogP contribution is 2.52. The van der Waals surface area contributed by atoms with E-state index in [-0.39, 0.29) is 12.1 Å². The first-order valence-electron chi connectivity index (χ1n) is 11.1. The number of non-ortho nitro benzene ring substituents is 1. The molecule has 2 unspecified atom stereocenters. The summed E-state index contributed by atoms with van der Waals surface area (Å²) >= 11 is 0. The summed E-state index contributed by atoms with van der Waals surface area (Å²) in [5.41, 5.74) is 1.28. The fraction of sp³-hybridized carbons (Fsp3) is 0.192. The highest BCUT2D eigenvalue weighted by Gasteiger charge is 2.62. The van der Waals surface area contributed by atoms with Crippen molar-refractivity contribution in [1.29, 1.82) is 0 Å². The predicted octanol–water partition coefficient (Wildman–Crippen LogP) is 3.91. The zero-order chi connectivity index (χ0) is 24.9. The van der Waals surface area contributed by atoms with Crippen molar-refractivity contribution in [2.45, 2.75) is 19.4 Å². The zero-order valence-corrected chi connectivity index (χ0v) is 19.1. The first-order valence-corrected chi connectivity index (χ1v) is 11.1. The quantitative estimate of drug-likeness (QED) is 0.353. The van der Waals surface area contributed by atoms with Gasteiger partial charge >= 0.3 is 6.03 Å². The molecule has 1 N–H and O–H groups in total. The Morgan fingerprint density at radius 3 is 2.34 bits per heavy atom. The monoisotopic (exact) mass is 470 g/mol. The number of imide groups is 2. The number of benzene rings is 3. The molecule has 5 rings (SSSR count). The maximum absolute atomic E-state index is 14.3. The predicted molar refractivity (Wildman–Crippen MR) is 129 cm³/mol. The van der Waals surface area contributed by atoms with Gasteiger partial charge in [-0.05, 0) is 36.2 Å². The molecule has 0 aromatic heterocycles. The summed E-state index contributed by atoms with van der Waals surface area (Å²) in [6.45, 7) is 1.89. The van der Waals surface area contributed by atoms with Crippen molar-refractivity contribution in [2.24, 2.45) is 5.41 Å². The lowest BCUT2D eigenvalue weighted by atomic mass is 9.66. The summed E-state index contributed by atoms with van der Waals surface area (Å²) in [5, 5.41) is 13.8. The Hall–Kier alpha value is -4.53. The maximum Gasteiger partial charge on any atom is 0.335 e. The number of aryl methyl sites for hydroxylation is 1. The van der Waals surface area contributed by atoms with Gasteiger partial charge in [0.1, 0.15) is 0 Å². The van der Waals surface area contributed by atoms with E-state index in [9.17, 15) is 24.5 Å². The van der Waals surface area contributed by atoms with Gasteiger partial charge in [0.25, 0.3) is 11.6 Å². The lowest BCUT2D eigenvalue weighted by Crippen LogP contribution is -2.69. The lowest BCUT2D eigenvalue weighted by molar-refractivity contribution is -0.384. The van der Waals surface area contributed by atoms with Gasteiger partial charge in [-0.15, -0.1) is 0 Å². The van der Waals surface area contributed by atoms with Crippen LogP contribution in [0, 0.1) is 22.5 Å². The number of hydrogen-bond donors (Lipinski definition) is 1. The first kappa shape index (κ1) is 22.3. The number of rotatable bonds is 3. The van der Waals surface area contributed by atoms with Crippen molar-refractivity contribution in [2.75, 3.05) is 16.8 Å². The van der Waals surface area contributed by atoms with E-state index >= 15 is 0 Å².